The predicted octanol–water partition coefficient (Wildman–Crippen LogP) is 0.594. The maximum absolute atomic E-state index is 12.5. The largest absolute Gasteiger partial charge is 0.342 e. The Hall–Kier alpha value is -1.74. The van der Waals surface area contributed by atoms with E-state index in [2.05, 4.69) is 9.97 Å². The molecule has 1 N–H and O–H groups in total. The molecule has 1 atom stereocenters. The maximum atomic E-state index is 12.5. The first-order valence-electron chi connectivity index (χ1n) is 9.23. The highest BCUT2D eigenvalue weighted by molar-refractivity contribution is 7.89. The summed E-state index contributed by atoms with van der Waals surface area (Å²) < 4.78 is 25.5. The fourth-order valence-corrected chi connectivity index (χ4v) is 4.68. The lowest BCUT2D eigenvalue weighted by atomic mass is 10.1. The van der Waals surface area contributed by atoms with Gasteiger partial charge in [-0.2, -0.15) is 4.31 Å². The van der Waals surface area contributed by atoms with Crippen molar-refractivity contribution < 1.29 is 13.2 Å². The number of carbonyl (C=O) groups excluding carboxylic acids is 1. The van der Waals surface area contributed by atoms with E-state index in [-0.39, 0.29) is 29.7 Å². The van der Waals surface area contributed by atoms with Crippen molar-refractivity contribution in [2.45, 2.75) is 52.0 Å². The topological polar surface area (TPSA) is 103 Å². The minimum absolute atomic E-state index is 0.0233. The van der Waals surface area contributed by atoms with Gasteiger partial charge in [0, 0.05) is 44.9 Å². The number of likely N-dealkylation sites (tertiary alicyclic amines) is 1. The van der Waals surface area contributed by atoms with Gasteiger partial charge in [0.25, 0.3) is 5.56 Å². The van der Waals surface area contributed by atoms with E-state index in [9.17, 15) is 18.0 Å². The summed E-state index contributed by atoms with van der Waals surface area (Å²) in [6, 6.07) is 0. The fourth-order valence-electron chi connectivity index (χ4n) is 3.61. The van der Waals surface area contributed by atoms with E-state index in [0.29, 0.717) is 49.6 Å². The van der Waals surface area contributed by atoms with Gasteiger partial charge in [0.05, 0.1) is 17.0 Å². The Labute approximate surface area is 153 Å². The molecule has 3 heterocycles. The number of hydrogen-bond acceptors (Lipinski definition) is 5. The maximum Gasteiger partial charge on any atom is 0.255 e. The zero-order valence-electron chi connectivity index (χ0n) is 15.3. The number of rotatable bonds is 5. The number of nitrogens with zero attached hydrogens (tertiary/aromatic N) is 3. The molecule has 26 heavy (non-hydrogen) atoms. The minimum atomic E-state index is -3.32. The van der Waals surface area contributed by atoms with Crippen LogP contribution in [0.2, 0.25) is 0 Å². The van der Waals surface area contributed by atoms with Gasteiger partial charge in [0.1, 0.15) is 5.82 Å². The summed E-state index contributed by atoms with van der Waals surface area (Å²) in [5.41, 5.74) is 0.859. The van der Waals surface area contributed by atoms with Crippen LogP contribution in [0.25, 0.3) is 0 Å². The molecule has 0 spiro atoms. The van der Waals surface area contributed by atoms with Gasteiger partial charge in [-0.1, -0.05) is 6.92 Å². The molecular weight excluding hydrogens is 356 g/mol. The molecule has 0 unspecified atom stereocenters. The normalized spacial score (nSPS) is 21.0. The number of fused-ring (bicyclic) bond motifs is 1. The summed E-state index contributed by atoms with van der Waals surface area (Å²) in [6.07, 6.45) is 2.60. The molecule has 1 aromatic heterocycles. The van der Waals surface area contributed by atoms with E-state index in [1.807, 2.05) is 11.8 Å². The van der Waals surface area contributed by atoms with E-state index >= 15 is 0 Å². The van der Waals surface area contributed by atoms with E-state index in [0.717, 1.165) is 12.8 Å². The monoisotopic (exact) mass is 382 g/mol. The van der Waals surface area contributed by atoms with Crippen molar-refractivity contribution in [2.75, 3.05) is 25.4 Å². The first-order valence-corrected chi connectivity index (χ1v) is 10.8. The third-order valence-corrected chi connectivity index (χ3v) is 7.03. The molecule has 3 rings (SSSR count). The zero-order chi connectivity index (χ0) is 18.9. The van der Waals surface area contributed by atoms with Crippen molar-refractivity contribution in [2.24, 2.45) is 0 Å². The van der Waals surface area contributed by atoms with Crippen molar-refractivity contribution in [1.82, 2.24) is 19.2 Å². The SMILES string of the molecule is CCCC(=O)N1CC[C@@H](c2nc3c(c(=O)[nH]2)CN(S(=O)(=O)CC)CC3)C1. The quantitative estimate of drug-likeness (QED) is 0.803. The van der Waals surface area contributed by atoms with Gasteiger partial charge in [-0.25, -0.2) is 13.4 Å². The number of H-pyrrole nitrogens is 1. The molecule has 2 aliphatic rings. The van der Waals surface area contributed by atoms with Crippen molar-refractivity contribution in [3.05, 3.63) is 27.4 Å². The van der Waals surface area contributed by atoms with Crippen LogP contribution in [0.3, 0.4) is 0 Å². The smallest absolute Gasteiger partial charge is 0.255 e. The second kappa shape index (κ2) is 7.48. The number of aromatic nitrogens is 2. The molecule has 8 nitrogen and oxygen atoms in total. The highest BCUT2D eigenvalue weighted by atomic mass is 32.2. The van der Waals surface area contributed by atoms with Crippen molar-refractivity contribution in [3.8, 4) is 0 Å². The van der Waals surface area contributed by atoms with E-state index in [4.69, 9.17) is 0 Å². The van der Waals surface area contributed by atoms with Crippen molar-refractivity contribution >= 4 is 15.9 Å². The molecular formula is C17H26N4O4S. The van der Waals surface area contributed by atoms with Crippen molar-refractivity contribution in [1.29, 1.82) is 0 Å². The van der Waals surface area contributed by atoms with Gasteiger partial charge in [0.2, 0.25) is 15.9 Å². The Bertz CT molecular complexity index is 849. The Morgan fingerprint density at radius 3 is 2.77 bits per heavy atom. The average Bonchev–Trinajstić information content (AvgIpc) is 3.12. The number of amides is 1. The Morgan fingerprint density at radius 2 is 2.08 bits per heavy atom. The lowest BCUT2D eigenvalue weighted by Crippen LogP contribution is -2.40. The van der Waals surface area contributed by atoms with Crippen molar-refractivity contribution in [3.63, 3.8) is 0 Å². The fraction of sp³-hybridized carbons (Fsp3) is 0.706. The second-order valence-electron chi connectivity index (χ2n) is 6.94. The highest BCUT2D eigenvalue weighted by Gasteiger charge is 2.32. The minimum Gasteiger partial charge on any atom is -0.342 e. The molecule has 0 radical (unpaired) electrons. The molecule has 144 valence electrons. The third kappa shape index (κ3) is 3.68. The van der Waals surface area contributed by atoms with Crippen LogP contribution >= 0.6 is 0 Å². The van der Waals surface area contributed by atoms with E-state index in [1.54, 1.807) is 6.92 Å². The van der Waals surface area contributed by atoms with E-state index < -0.39 is 10.0 Å². The van der Waals surface area contributed by atoms with Gasteiger partial charge >= 0.3 is 0 Å². The first-order chi connectivity index (χ1) is 12.4. The highest BCUT2D eigenvalue weighted by Crippen LogP contribution is 2.26. The summed E-state index contributed by atoms with van der Waals surface area (Å²) >= 11 is 0. The molecule has 0 aliphatic carbocycles. The summed E-state index contributed by atoms with van der Waals surface area (Å²) in [5, 5.41) is 0. The summed E-state index contributed by atoms with van der Waals surface area (Å²) in [6.45, 7) is 5.28. The molecule has 1 aromatic rings. The molecule has 0 aromatic carbocycles. The van der Waals surface area contributed by atoms with Gasteiger partial charge in [-0.3, -0.25) is 9.59 Å². The molecule has 1 fully saturated rings. The summed E-state index contributed by atoms with van der Waals surface area (Å²) in [5.74, 6) is 0.824. The van der Waals surface area contributed by atoms with Crippen LogP contribution in [0, 0.1) is 0 Å². The summed E-state index contributed by atoms with van der Waals surface area (Å²) in [7, 11) is -3.32. The van der Waals surface area contributed by atoms with Crippen LogP contribution in [0.5, 0.6) is 0 Å². The Balaban J connectivity index is 1.79. The molecule has 9 heteroatoms. The molecule has 1 saturated heterocycles. The zero-order valence-corrected chi connectivity index (χ0v) is 16.1. The van der Waals surface area contributed by atoms with Gasteiger partial charge in [0.15, 0.2) is 0 Å². The van der Waals surface area contributed by atoms with Crippen LogP contribution in [0.15, 0.2) is 4.79 Å². The van der Waals surface area contributed by atoms with Crippen LogP contribution in [0.4, 0.5) is 0 Å². The van der Waals surface area contributed by atoms with Gasteiger partial charge in [-0.15, -0.1) is 0 Å². The number of sulfonamides is 1. The van der Waals surface area contributed by atoms with Gasteiger partial charge < -0.3 is 9.88 Å². The standard InChI is InChI=1S/C17H26N4O4S/c1-3-5-15(22)20-8-6-12(10-20)16-18-14-7-9-21(26(24,25)4-2)11-13(14)17(23)19-16/h12H,3-11H2,1-2H3,(H,18,19,23)/t12-/m1/s1. The molecule has 0 bridgehead atoms. The lowest BCUT2D eigenvalue weighted by molar-refractivity contribution is -0.130. The number of aromatic amines is 1. The molecule has 1 amide bonds. The first kappa shape index (κ1) is 19.0. The Morgan fingerprint density at radius 1 is 1.31 bits per heavy atom. The lowest BCUT2D eigenvalue weighted by Gasteiger charge is -2.27. The Kier molecular flexibility index (Phi) is 5.47. The summed E-state index contributed by atoms with van der Waals surface area (Å²) in [4.78, 5) is 33.9. The van der Waals surface area contributed by atoms with Crippen LogP contribution in [-0.2, 0) is 27.8 Å². The van der Waals surface area contributed by atoms with Crippen LogP contribution in [-0.4, -0.2) is 58.9 Å². The average molecular weight is 382 g/mol. The predicted molar refractivity (Wildman–Crippen MR) is 97.3 cm³/mol. The number of nitrogens with one attached hydrogen (secondary N) is 1. The number of carbonyl (C=O) groups is 1. The molecule has 0 saturated carbocycles. The second-order valence-corrected chi connectivity index (χ2v) is 9.19. The van der Waals surface area contributed by atoms with Crippen LogP contribution < -0.4 is 5.56 Å². The third-order valence-electron chi connectivity index (χ3n) is 5.20. The van der Waals surface area contributed by atoms with E-state index in [1.165, 1.54) is 4.31 Å². The van der Waals surface area contributed by atoms with Crippen LogP contribution in [0.1, 0.15) is 56.1 Å². The number of hydrogen-bond donors (Lipinski definition) is 1. The van der Waals surface area contributed by atoms with Gasteiger partial charge in [-0.05, 0) is 19.8 Å². The molecule has 2 aliphatic heterocycles.